The summed E-state index contributed by atoms with van der Waals surface area (Å²) in [4.78, 5) is 16.9. The summed E-state index contributed by atoms with van der Waals surface area (Å²) in [6, 6.07) is 4.45. The molecule has 0 unspecified atom stereocenters. The van der Waals surface area contributed by atoms with Gasteiger partial charge in [0, 0.05) is 32.1 Å². The first kappa shape index (κ1) is 16.0. The van der Waals surface area contributed by atoms with Gasteiger partial charge >= 0.3 is 0 Å². The SMILES string of the molecule is Cc1ccc(N(C)C2CCN(C(=O)[C@@H]3CC=CCC3)CC2)nn1. The molecule has 1 fully saturated rings. The number of allylic oxidation sites excluding steroid dienone is 2. The molecule has 0 spiro atoms. The summed E-state index contributed by atoms with van der Waals surface area (Å²) < 4.78 is 0. The van der Waals surface area contributed by atoms with Crippen molar-refractivity contribution in [3.8, 4) is 0 Å². The minimum atomic E-state index is 0.206. The lowest BCUT2D eigenvalue weighted by molar-refractivity contribution is -0.136. The third kappa shape index (κ3) is 3.71. The number of likely N-dealkylation sites (tertiary alicyclic amines) is 1. The number of carbonyl (C=O) groups is 1. The largest absolute Gasteiger partial charge is 0.355 e. The number of rotatable bonds is 3. The molecule has 1 saturated heterocycles. The van der Waals surface area contributed by atoms with Crippen LogP contribution in [0.4, 0.5) is 5.82 Å². The number of amides is 1. The summed E-state index contributed by atoms with van der Waals surface area (Å²) >= 11 is 0. The molecule has 2 aliphatic rings. The fourth-order valence-electron chi connectivity index (χ4n) is 3.52. The van der Waals surface area contributed by atoms with Crippen LogP contribution in [-0.2, 0) is 4.79 Å². The van der Waals surface area contributed by atoms with Crippen LogP contribution in [0.3, 0.4) is 0 Å². The van der Waals surface area contributed by atoms with Gasteiger partial charge < -0.3 is 9.80 Å². The molecule has 5 nitrogen and oxygen atoms in total. The van der Waals surface area contributed by atoms with Gasteiger partial charge in [-0.1, -0.05) is 12.2 Å². The summed E-state index contributed by atoms with van der Waals surface area (Å²) in [7, 11) is 2.08. The Balaban J connectivity index is 1.54. The van der Waals surface area contributed by atoms with E-state index in [2.05, 4.69) is 39.2 Å². The lowest BCUT2D eigenvalue weighted by atomic mass is 9.92. The Kier molecular flexibility index (Phi) is 4.94. The summed E-state index contributed by atoms with van der Waals surface area (Å²) in [5.74, 6) is 1.47. The fraction of sp³-hybridized carbons (Fsp3) is 0.611. The molecule has 1 amide bonds. The van der Waals surface area contributed by atoms with Crippen molar-refractivity contribution in [3.05, 3.63) is 30.0 Å². The van der Waals surface area contributed by atoms with Crippen molar-refractivity contribution < 1.29 is 4.79 Å². The quantitative estimate of drug-likeness (QED) is 0.805. The van der Waals surface area contributed by atoms with E-state index in [1.165, 1.54) is 0 Å². The van der Waals surface area contributed by atoms with Crippen molar-refractivity contribution in [2.24, 2.45) is 5.92 Å². The van der Waals surface area contributed by atoms with Gasteiger partial charge in [0.2, 0.25) is 5.91 Å². The number of anilines is 1. The second kappa shape index (κ2) is 7.11. The van der Waals surface area contributed by atoms with Crippen LogP contribution in [0.5, 0.6) is 0 Å². The van der Waals surface area contributed by atoms with Crippen LogP contribution in [0.15, 0.2) is 24.3 Å². The van der Waals surface area contributed by atoms with Crippen LogP contribution in [0.2, 0.25) is 0 Å². The fourth-order valence-corrected chi connectivity index (χ4v) is 3.52. The van der Waals surface area contributed by atoms with Gasteiger partial charge in [-0.25, -0.2) is 0 Å². The molecule has 0 N–H and O–H groups in total. The standard InChI is InChI=1S/C18H26N4O/c1-14-8-9-17(20-19-14)21(2)16-10-12-22(13-11-16)18(23)15-6-4-3-5-7-15/h3-4,8-9,15-16H,5-7,10-13H2,1-2H3/t15-/m1/s1. The third-order valence-corrected chi connectivity index (χ3v) is 5.09. The van der Waals surface area contributed by atoms with E-state index in [1.54, 1.807) is 0 Å². The molecular weight excluding hydrogens is 288 g/mol. The van der Waals surface area contributed by atoms with Crippen LogP contribution < -0.4 is 4.90 Å². The van der Waals surface area contributed by atoms with Crippen molar-refractivity contribution >= 4 is 11.7 Å². The van der Waals surface area contributed by atoms with Crippen molar-refractivity contribution in [3.63, 3.8) is 0 Å². The average molecular weight is 314 g/mol. The topological polar surface area (TPSA) is 49.3 Å². The van der Waals surface area contributed by atoms with Gasteiger partial charge in [0.05, 0.1) is 5.69 Å². The monoisotopic (exact) mass is 314 g/mol. The molecule has 23 heavy (non-hydrogen) atoms. The van der Waals surface area contributed by atoms with E-state index in [9.17, 15) is 4.79 Å². The summed E-state index contributed by atoms with van der Waals surface area (Å²) in [6.07, 6.45) is 9.31. The van der Waals surface area contributed by atoms with Gasteiger partial charge in [0.25, 0.3) is 0 Å². The Labute approximate surface area is 138 Å². The molecule has 1 aromatic rings. The lowest BCUT2D eigenvalue weighted by Gasteiger charge is -2.38. The number of aryl methyl sites for hydroxylation is 1. The Bertz CT molecular complexity index is 561. The molecule has 0 aromatic carbocycles. The highest BCUT2D eigenvalue weighted by Crippen LogP contribution is 2.25. The number of piperidine rings is 1. The maximum absolute atomic E-state index is 12.6. The first-order valence-corrected chi connectivity index (χ1v) is 8.62. The zero-order chi connectivity index (χ0) is 16.2. The summed E-state index contributed by atoms with van der Waals surface area (Å²) in [5.41, 5.74) is 0.934. The van der Waals surface area contributed by atoms with Crippen molar-refractivity contribution in [2.75, 3.05) is 25.0 Å². The van der Waals surface area contributed by atoms with Crippen LogP contribution in [0.1, 0.15) is 37.8 Å². The Morgan fingerprint density at radius 1 is 1.17 bits per heavy atom. The van der Waals surface area contributed by atoms with E-state index >= 15 is 0 Å². The van der Waals surface area contributed by atoms with Crippen molar-refractivity contribution in [2.45, 2.75) is 45.1 Å². The van der Waals surface area contributed by atoms with Gasteiger partial charge in [0.1, 0.15) is 0 Å². The molecule has 5 heteroatoms. The first-order chi connectivity index (χ1) is 11.1. The van der Waals surface area contributed by atoms with Gasteiger partial charge in [-0.15, -0.1) is 5.10 Å². The van der Waals surface area contributed by atoms with Crippen LogP contribution in [0, 0.1) is 12.8 Å². The normalized spacial score (nSPS) is 22.2. The Morgan fingerprint density at radius 3 is 2.57 bits per heavy atom. The molecular formula is C18H26N4O. The summed E-state index contributed by atoms with van der Waals surface area (Å²) in [6.45, 7) is 3.65. The van der Waals surface area contributed by atoms with Gasteiger partial charge in [0.15, 0.2) is 5.82 Å². The van der Waals surface area contributed by atoms with Gasteiger partial charge in [-0.2, -0.15) is 5.10 Å². The van der Waals surface area contributed by atoms with Crippen LogP contribution in [-0.4, -0.2) is 47.2 Å². The van der Waals surface area contributed by atoms with Crippen LogP contribution >= 0.6 is 0 Å². The molecule has 0 radical (unpaired) electrons. The number of hydrogen-bond acceptors (Lipinski definition) is 4. The summed E-state index contributed by atoms with van der Waals surface area (Å²) in [5, 5.41) is 8.41. The molecule has 1 atom stereocenters. The highest BCUT2D eigenvalue weighted by Gasteiger charge is 2.29. The van der Waals surface area contributed by atoms with E-state index in [1.807, 2.05) is 19.1 Å². The molecule has 1 aromatic heterocycles. The Morgan fingerprint density at radius 2 is 1.96 bits per heavy atom. The van der Waals surface area contributed by atoms with E-state index in [4.69, 9.17) is 0 Å². The number of carbonyl (C=O) groups excluding carboxylic acids is 1. The molecule has 124 valence electrons. The first-order valence-electron chi connectivity index (χ1n) is 8.62. The Hall–Kier alpha value is -1.91. The minimum Gasteiger partial charge on any atom is -0.355 e. The number of aromatic nitrogens is 2. The zero-order valence-electron chi connectivity index (χ0n) is 14.1. The maximum atomic E-state index is 12.6. The number of hydrogen-bond donors (Lipinski definition) is 0. The molecule has 1 aliphatic carbocycles. The van der Waals surface area contributed by atoms with E-state index < -0.39 is 0 Å². The van der Waals surface area contributed by atoms with E-state index in [-0.39, 0.29) is 5.92 Å². The van der Waals surface area contributed by atoms with Gasteiger partial charge in [-0.05, 0) is 51.2 Å². The van der Waals surface area contributed by atoms with E-state index in [0.717, 1.165) is 56.7 Å². The minimum absolute atomic E-state index is 0.206. The van der Waals surface area contributed by atoms with Gasteiger partial charge in [-0.3, -0.25) is 4.79 Å². The van der Waals surface area contributed by atoms with E-state index in [0.29, 0.717) is 11.9 Å². The van der Waals surface area contributed by atoms with Crippen molar-refractivity contribution in [1.29, 1.82) is 0 Å². The smallest absolute Gasteiger partial charge is 0.226 e. The predicted octanol–water partition coefficient (Wildman–Crippen LogP) is 2.57. The number of nitrogens with zero attached hydrogens (tertiary/aromatic N) is 4. The van der Waals surface area contributed by atoms with Crippen LogP contribution in [0.25, 0.3) is 0 Å². The second-order valence-electron chi connectivity index (χ2n) is 6.68. The maximum Gasteiger partial charge on any atom is 0.226 e. The highest BCUT2D eigenvalue weighted by molar-refractivity contribution is 5.79. The highest BCUT2D eigenvalue weighted by atomic mass is 16.2. The molecule has 2 heterocycles. The second-order valence-corrected chi connectivity index (χ2v) is 6.68. The van der Waals surface area contributed by atoms with Crippen molar-refractivity contribution in [1.82, 2.24) is 15.1 Å². The average Bonchev–Trinajstić information content (AvgIpc) is 2.62. The zero-order valence-corrected chi connectivity index (χ0v) is 14.1. The lowest BCUT2D eigenvalue weighted by Crippen LogP contribution is -2.47. The molecule has 1 aliphatic heterocycles. The third-order valence-electron chi connectivity index (χ3n) is 5.09. The molecule has 0 saturated carbocycles. The molecule has 0 bridgehead atoms. The molecule has 3 rings (SSSR count). The predicted molar refractivity (Wildman–Crippen MR) is 91.3 cm³/mol.